The summed E-state index contributed by atoms with van der Waals surface area (Å²) >= 11 is 0. The molecule has 1 atom stereocenters. The Labute approximate surface area is 172 Å². The molecular weight excluding hydrogens is 348 g/mol. The van der Waals surface area contributed by atoms with Crippen LogP contribution in [-0.4, -0.2) is 87.8 Å². The smallest absolute Gasteiger partial charge is 0.191 e. The number of nitrogens with one attached hydrogen (secondary N) is 2. The van der Waals surface area contributed by atoms with Crippen LogP contribution in [0.25, 0.3) is 0 Å². The second-order valence-corrected chi connectivity index (χ2v) is 7.62. The first kappa shape index (κ1) is 22.5. The predicted octanol–water partition coefficient (Wildman–Crippen LogP) is 2.01. The average molecular weight is 389 g/mol. The molecule has 6 nitrogen and oxygen atoms in total. The monoisotopic (exact) mass is 388 g/mol. The van der Waals surface area contributed by atoms with Crippen LogP contribution in [0.1, 0.15) is 26.3 Å². The van der Waals surface area contributed by atoms with Crippen molar-refractivity contribution in [3.63, 3.8) is 0 Å². The second kappa shape index (κ2) is 11.9. The van der Waals surface area contributed by atoms with Gasteiger partial charge in [0.2, 0.25) is 0 Å². The second-order valence-electron chi connectivity index (χ2n) is 7.62. The highest BCUT2D eigenvalue weighted by Crippen LogP contribution is 2.14. The number of guanidine groups is 1. The number of nitrogens with zero attached hydrogens (tertiary/aromatic N) is 4. The van der Waals surface area contributed by atoms with E-state index < -0.39 is 0 Å². The van der Waals surface area contributed by atoms with Crippen LogP contribution in [0.4, 0.5) is 5.69 Å². The maximum Gasteiger partial charge on any atom is 0.191 e. The van der Waals surface area contributed by atoms with E-state index in [2.05, 4.69) is 82.3 Å². The Bertz CT molecular complexity index is 594. The molecule has 1 aromatic carbocycles. The highest BCUT2D eigenvalue weighted by molar-refractivity contribution is 5.79. The molecule has 2 rings (SSSR count). The number of likely N-dealkylation sites (N-methyl/N-ethyl adjacent to an activating group) is 2. The number of rotatable bonds is 9. The van der Waals surface area contributed by atoms with Crippen LogP contribution in [0, 0.1) is 6.92 Å². The van der Waals surface area contributed by atoms with Crippen molar-refractivity contribution >= 4 is 11.6 Å². The lowest BCUT2D eigenvalue weighted by atomic mass is 10.2. The van der Waals surface area contributed by atoms with E-state index in [4.69, 9.17) is 0 Å². The van der Waals surface area contributed by atoms with Gasteiger partial charge in [-0.3, -0.25) is 9.89 Å². The van der Waals surface area contributed by atoms with E-state index in [9.17, 15) is 0 Å². The fourth-order valence-electron chi connectivity index (χ4n) is 3.72. The third-order valence-electron chi connectivity index (χ3n) is 5.69. The SMILES string of the molecule is CCN1CCN(C(C)CNC(=NC)NCCN(CC)c2cccc(C)c2)CC1. The standard InChI is InChI=1S/C22H40N6/c1-6-26-13-15-28(16-14-26)20(4)18-25-22(23-5)24-11-12-27(7-2)21-10-8-9-19(3)17-21/h8-10,17,20H,6-7,11-16,18H2,1-5H3,(H2,23,24,25). The molecule has 0 spiro atoms. The molecule has 0 amide bonds. The highest BCUT2D eigenvalue weighted by atomic mass is 15.3. The van der Waals surface area contributed by atoms with E-state index in [-0.39, 0.29) is 0 Å². The number of aryl methyl sites for hydroxylation is 1. The third kappa shape index (κ3) is 6.99. The van der Waals surface area contributed by atoms with Crippen molar-refractivity contribution in [2.24, 2.45) is 4.99 Å². The van der Waals surface area contributed by atoms with Crippen molar-refractivity contribution < 1.29 is 0 Å². The van der Waals surface area contributed by atoms with Crippen molar-refractivity contribution in [1.82, 2.24) is 20.4 Å². The van der Waals surface area contributed by atoms with Crippen LogP contribution in [0.5, 0.6) is 0 Å². The molecule has 1 fully saturated rings. The molecule has 158 valence electrons. The molecule has 2 N–H and O–H groups in total. The quantitative estimate of drug-likeness (QED) is 0.501. The number of anilines is 1. The first-order valence-corrected chi connectivity index (χ1v) is 10.8. The lowest BCUT2D eigenvalue weighted by Gasteiger charge is -2.37. The molecule has 28 heavy (non-hydrogen) atoms. The molecular formula is C22H40N6. The molecule has 1 aliphatic rings. The van der Waals surface area contributed by atoms with E-state index in [1.807, 2.05) is 7.05 Å². The highest BCUT2D eigenvalue weighted by Gasteiger charge is 2.20. The Balaban J connectivity index is 1.72. The van der Waals surface area contributed by atoms with Gasteiger partial charge in [0.05, 0.1) is 0 Å². The van der Waals surface area contributed by atoms with Crippen molar-refractivity contribution in [2.75, 3.05) is 70.9 Å². The Morgan fingerprint density at radius 1 is 1.18 bits per heavy atom. The van der Waals surface area contributed by atoms with E-state index in [1.165, 1.54) is 24.3 Å². The van der Waals surface area contributed by atoms with Crippen molar-refractivity contribution in [3.05, 3.63) is 29.8 Å². The van der Waals surface area contributed by atoms with Crippen LogP contribution < -0.4 is 15.5 Å². The largest absolute Gasteiger partial charge is 0.370 e. The van der Waals surface area contributed by atoms with Gasteiger partial charge in [-0.05, 0) is 45.0 Å². The topological polar surface area (TPSA) is 46.1 Å². The molecule has 6 heteroatoms. The predicted molar refractivity (Wildman–Crippen MR) is 122 cm³/mol. The van der Waals surface area contributed by atoms with Gasteiger partial charge in [-0.1, -0.05) is 19.1 Å². The molecule has 1 aromatic rings. The van der Waals surface area contributed by atoms with Crippen molar-refractivity contribution in [1.29, 1.82) is 0 Å². The fourth-order valence-corrected chi connectivity index (χ4v) is 3.72. The lowest BCUT2D eigenvalue weighted by Crippen LogP contribution is -2.53. The van der Waals surface area contributed by atoms with Crippen LogP contribution in [0.3, 0.4) is 0 Å². The molecule has 1 saturated heterocycles. The minimum atomic E-state index is 0.511. The van der Waals surface area contributed by atoms with Crippen molar-refractivity contribution in [3.8, 4) is 0 Å². The van der Waals surface area contributed by atoms with E-state index in [0.717, 1.165) is 51.8 Å². The van der Waals surface area contributed by atoms with Gasteiger partial charge in [-0.2, -0.15) is 0 Å². The molecule has 0 radical (unpaired) electrons. The summed E-state index contributed by atoms with van der Waals surface area (Å²) in [6.45, 7) is 18.5. The summed E-state index contributed by atoms with van der Waals surface area (Å²) in [5.41, 5.74) is 2.59. The summed E-state index contributed by atoms with van der Waals surface area (Å²) in [6.07, 6.45) is 0. The molecule has 0 aliphatic carbocycles. The van der Waals surface area contributed by atoms with E-state index in [0.29, 0.717) is 6.04 Å². The van der Waals surface area contributed by atoms with Crippen LogP contribution in [0.15, 0.2) is 29.3 Å². The molecule has 0 saturated carbocycles. The lowest BCUT2D eigenvalue weighted by molar-refractivity contribution is 0.107. The average Bonchev–Trinajstić information content (AvgIpc) is 2.73. The Morgan fingerprint density at radius 2 is 1.93 bits per heavy atom. The van der Waals surface area contributed by atoms with Gasteiger partial charge < -0.3 is 20.4 Å². The summed E-state index contributed by atoms with van der Waals surface area (Å²) in [4.78, 5) is 11.9. The van der Waals surface area contributed by atoms with Crippen LogP contribution >= 0.6 is 0 Å². The van der Waals surface area contributed by atoms with Gasteiger partial charge in [0.25, 0.3) is 0 Å². The fraction of sp³-hybridized carbons (Fsp3) is 0.682. The number of aliphatic imine (C=N–C) groups is 1. The van der Waals surface area contributed by atoms with Crippen LogP contribution in [0.2, 0.25) is 0 Å². The van der Waals surface area contributed by atoms with E-state index >= 15 is 0 Å². The van der Waals surface area contributed by atoms with Gasteiger partial charge >= 0.3 is 0 Å². The van der Waals surface area contributed by atoms with Crippen LogP contribution in [-0.2, 0) is 0 Å². The maximum absolute atomic E-state index is 4.39. The Hall–Kier alpha value is -1.79. The van der Waals surface area contributed by atoms with Gasteiger partial charge in [0.1, 0.15) is 0 Å². The third-order valence-corrected chi connectivity index (χ3v) is 5.69. The minimum absolute atomic E-state index is 0.511. The summed E-state index contributed by atoms with van der Waals surface area (Å²) in [5, 5.41) is 6.96. The number of piperazine rings is 1. The first-order valence-electron chi connectivity index (χ1n) is 10.8. The Kier molecular flexibility index (Phi) is 9.58. The zero-order valence-electron chi connectivity index (χ0n) is 18.5. The van der Waals surface area contributed by atoms with E-state index in [1.54, 1.807) is 0 Å². The number of hydrogen-bond acceptors (Lipinski definition) is 4. The van der Waals surface area contributed by atoms with Gasteiger partial charge in [0, 0.05) is 71.1 Å². The molecule has 1 heterocycles. The molecule has 0 aromatic heterocycles. The Morgan fingerprint density at radius 3 is 2.54 bits per heavy atom. The maximum atomic E-state index is 4.39. The zero-order valence-corrected chi connectivity index (χ0v) is 18.5. The molecule has 0 bridgehead atoms. The summed E-state index contributed by atoms with van der Waals surface area (Å²) in [5.74, 6) is 0.888. The van der Waals surface area contributed by atoms with Gasteiger partial charge in [0.15, 0.2) is 5.96 Å². The molecule has 1 aliphatic heterocycles. The first-order chi connectivity index (χ1) is 13.6. The van der Waals surface area contributed by atoms with Gasteiger partial charge in [-0.15, -0.1) is 0 Å². The number of hydrogen-bond donors (Lipinski definition) is 2. The number of benzene rings is 1. The summed E-state index contributed by atoms with van der Waals surface area (Å²) in [6, 6.07) is 9.21. The summed E-state index contributed by atoms with van der Waals surface area (Å²) < 4.78 is 0. The zero-order chi connectivity index (χ0) is 20.4. The normalized spacial score (nSPS) is 17.4. The minimum Gasteiger partial charge on any atom is -0.370 e. The van der Waals surface area contributed by atoms with Gasteiger partial charge in [-0.25, -0.2) is 0 Å². The molecule has 1 unspecified atom stereocenters. The van der Waals surface area contributed by atoms with Crippen molar-refractivity contribution in [2.45, 2.75) is 33.7 Å². The summed E-state index contributed by atoms with van der Waals surface area (Å²) in [7, 11) is 1.85.